The Bertz CT molecular complexity index is 879. The van der Waals surface area contributed by atoms with Gasteiger partial charge in [-0.1, -0.05) is 31.9 Å². The monoisotopic (exact) mass is 353 g/mol. The number of para-hydroxylation sites is 1. The first-order chi connectivity index (χ1) is 12.7. The van der Waals surface area contributed by atoms with Crippen LogP contribution < -0.4 is 5.32 Å². The summed E-state index contributed by atoms with van der Waals surface area (Å²) in [5.74, 6) is 1.20. The molecule has 1 amide bonds. The van der Waals surface area contributed by atoms with Gasteiger partial charge in [0.05, 0.1) is 11.3 Å². The minimum atomic E-state index is -0.402. The predicted molar refractivity (Wildman–Crippen MR) is 101 cm³/mol. The van der Waals surface area contributed by atoms with E-state index in [-0.39, 0.29) is 11.6 Å². The second kappa shape index (κ2) is 7.10. The topological polar surface area (TPSA) is 42.2 Å². The minimum absolute atomic E-state index is 0.265. The molecule has 1 aliphatic carbocycles. The zero-order chi connectivity index (χ0) is 18.1. The number of unbranched alkanes of at least 4 members (excludes halogenated alkanes) is 2. The number of furan rings is 1. The van der Waals surface area contributed by atoms with Gasteiger partial charge in [-0.3, -0.25) is 4.79 Å². The van der Waals surface area contributed by atoms with Crippen molar-refractivity contribution in [3.8, 4) is 0 Å². The molecule has 2 aromatic rings. The summed E-state index contributed by atoms with van der Waals surface area (Å²) in [4.78, 5) is 12.4. The van der Waals surface area contributed by atoms with Crippen LogP contribution in [-0.4, -0.2) is 5.91 Å². The number of hydrogen-bond donors (Lipinski definition) is 1. The van der Waals surface area contributed by atoms with E-state index in [1.807, 2.05) is 6.08 Å². The first-order valence-corrected chi connectivity index (χ1v) is 9.64. The second-order valence-electron chi connectivity index (χ2n) is 7.19. The number of halogens is 1. The number of fused-ring (bicyclic) bond motifs is 2. The molecule has 4 rings (SSSR count). The van der Waals surface area contributed by atoms with Crippen molar-refractivity contribution in [1.82, 2.24) is 0 Å². The lowest BCUT2D eigenvalue weighted by Gasteiger charge is -2.10. The van der Waals surface area contributed by atoms with E-state index >= 15 is 0 Å². The van der Waals surface area contributed by atoms with Gasteiger partial charge in [-0.05, 0) is 49.8 Å². The van der Waals surface area contributed by atoms with E-state index in [1.165, 1.54) is 36.5 Å². The van der Waals surface area contributed by atoms with E-state index in [9.17, 15) is 9.18 Å². The minimum Gasteiger partial charge on any atom is -0.461 e. The van der Waals surface area contributed by atoms with Crippen LogP contribution >= 0.6 is 0 Å². The van der Waals surface area contributed by atoms with Crippen molar-refractivity contribution in [3.63, 3.8) is 0 Å². The summed E-state index contributed by atoms with van der Waals surface area (Å²) >= 11 is 0. The SMILES string of the molecule is CCCCCc1c(C=C2C(=O)Nc3c(F)cccc32)oc2c1CCCC2. The summed E-state index contributed by atoms with van der Waals surface area (Å²) in [6.07, 6.45) is 10.6. The molecule has 1 aromatic heterocycles. The van der Waals surface area contributed by atoms with Gasteiger partial charge < -0.3 is 9.73 Å². The maximum absolute atomic E-state index is 14.0. The van der Waals surface area contributed by atoms with Crippen molar-refractivity contribution in [1.29, 1.82) is 0 Å². The van der Waals surface area contributed by atoms with E-state index in [1.54, 1.807) is 12.1 Å². The molecule has 0 radical (unpaired) electrons. The van der Waals surface area contributed by atoms with Gasteiger partial charge in [0.15, 0.2) is 0 Å². The number of hydrogen-bond acceptors (Lipinski definition) is 2. The van der Waals surface area contributed by atoms with E-state index in [4.69, 9.17) is 4.42 Å². The number of nitrogens with one attached hydrogen (secondary N) is 1. The molecule has 1 aromatic carbocycles. The van der Waals surface area contributed by atoms with Crippen LogP contribution in [0.3, 0.4) is 0 Å². The number of benzene rings is 1. The molecule has 0 spiro atoms. The Morgan fingerprint density at radius 2 is 2.08 bits per heavy atom. The Morgan fingerprint density at radius 1 is 1.23 bits per heavy atom. The highest BCUT2D eigenvalue weighted by molar-refractivity contribution is 6.34. The molecule has 3 nitrogen and oxygen atoms in total. The summed E-state index contributed by atoms with van der Waals surface area (Å²) in [7, 11) is 0. The molecule has 26 heavy (non-hydrogen) atoms. The molecule has 0 fully saturated rings. The van der Waals surface area contributed by atoms with Crippen LogP contribution in [0.2, 0.25) is 0 Å². The lowest BCUT2D eigenvalue weighted by atomic mass is 9.92. The molecule has 1 aliphatic heterocycles. The van der Waals surface area contributed by atoms with E-state index in [0.717, 1.165) is 43.6 Å². The Hall–Kier alpha value is -2.36. The van der Waals surface area contributed by atoms with Gasteiger partial charge in [-0.2, -0.15) is 0 Å². The third-order valence-corrected chi connectivity index (χ3v) is 5.40. The number of anilines is 1. The van der Waals surface area contributed by atoms with E-state index in [0.29, 0.717) is 11.1 Å². The average Bonchev–Trinajstić information content (AvgIpc) is 3.15. The van der Waals surface area contributed by atoms with Crippen molar-refractivity contribution in [3.05, 3.63) is 52.2 Å². The fourth-order valence-electron chi connectivity index (χ4n) is 4.05. The van der Waals surface area contributed by atoms with Gasteiger partial charge in [0, 0.05) is 17.5 Å². The number of aryl methyl sites for hydroxylation is 1. The number of carbonyl (C=O) groups excluding carboxylic acids is 1. The lowest BCUT2D eigenvalue weighted by Crippen LogP contribution is -2.04. The van der Waals surface area contributed by atoms with Crippen molar-refractivity contribution < 1.29 is 13.6 Å². The van der Waals surface area contributed by atoms with Crippen molar-refractivity contribution in [2.75, 3.05) is 5.32 Å². The van der Waals surface area contributed by atoms with Gasteiger partial charge in [0.2, 0.25) is 0 Å². The maximum Gasteiger partial charge on any atom is 0.256 e. The quantitative estimate of drug-likeness (QED) is 0.568. The average molecular weight is 353 g/mol. The lowest BCUT2D eigenvalue weighted by molar-refractivity contribution is -0.110. The van der Waals surface area contributed by atoms with Crippen molar-refractivity contribution in [2.45, 2.75) is 58.3 Å². The molecule has 1 N–H and O–H groups in total. The van der Waals surface area contributed by atoms with Crippen LogP contribution in [0.4, 0.5) is 10.1 Å². The summed E-state index contributed by atoms with van der Waals surface area (Å²) in [5, 5.41) is 2.65. The normalized spacial score (nSPS) is 17.3. The zero-order valence-electron chi connectivity index (χ0n) is 15.2. The van der Waals surface area contributed by atoms with Gasteiger partial charge in [0.25, 0.3) is 5.91 Å². The molecule has 0 unspecified atom stereocenters. The fraction of sp³-hybridized carbons (Fsp3) is 0.409. The molecule has 136 valence electrons. The second-order valence-corrected chi connectivity index (χ2v) is 7.19. The van der Waals surface area contributed by atoms with Crippen LogP contribution in [0.1, 0.15) is 67.2 Å². The summed E-state index contributed by atoms with van der Waals surface area (Å²) in [5.41, 5.74) is 3.97. The molecular formula is C22H24FNO2. The predicted octanol–water partition coefficient (Wildman–Crippen LogP) is 5.52. The molecule has 2 heterocycles. The summed E-state index contributed by atoms with van der Waals surface area (Å²) in [6, 6.07) is 4.78. The highest BCUT2D eigenvalue weighted by atomic mass is 19.1. The van der Waals surface area contributed by atoms with Crippen molar-refractivity contribution >= 4 is 23.2 Å². The van der Waals surface area contributed by atoms with E-state index in [2.05, 4.69) is 12.2 Å². The Balaban J connectivity index is 1.76. The maximum atomic E-state index is 14.0. The number of amides is 1. The number of rotatable bonds is 5. The summed E-state index contributed by atoms with van der Waals surface area (Å²) in [6.45, 7) is 2.20. The molecule has 0 saturated carbocycles. The number of carbonyl (C=O) groups is 1. The van der Waals surface area contributed by atoms with Crippen LogP contribution in [-0.2, 0) is 24.1 Å². The fourth-order valence-corrected chi connectivity index (χ4v) is 4.05. The Labute approximate surface area is 153 Å². The Morgan fingerprint density at radius 3 is 2.92 bits per heavy atom. The van der Waals surface area contributed by atoms with E-state index < -0.39 is 5.82 Å². The highest BCUT2D eigenvalue weighted by Crippen LogP contribution is 2.38. The molecule has 0 bridgehead atoms. The van der Waals surface area contributed by atoms with Crippen LogP contribution in [0, 0.1) is 5.82 Å². The largest absolute Gasteiger partial charge is 0.461 e. The third-order valence-electron chi connectivity index (χ3n) is 5.40. The molecular weight excluding hydrogens is 329 g/mol. The van der Waals surface area contributed by atoms with Gasteiger partial charge in [0.1, 0.15) is 17.3 Å². The van der Waals surface area contributed by atoms with Gasteiger partial charge in [-0.15, -0.1) is 0 Å². The van der Waals surface area contributed by atoms with Gasteiger partial charge in [-0.25, -0.2) is 4.39 Å². The third kappa shape index (κ3) is 2.98. The molecule has 0 atom stereocenters. The molecule has 4 heteroatoms. The van der Waals surface area contributed by atoms with Crippen LogP contribution in [0.5, 0.6) is 0 Å². The summed E-state index contributed by atoms with van der Waals surface area (Å²) < 4.78 is 20.2. The Kier molecular flexibility index (Phi) is 4.66. The first kappa shape index (κ1) is 17.1. The van der Waals surface area contributed by atoms with Crippen LogP contribution in [0.25, 0.3) is 11.6 Å². The smallest absolute Gasteiger partial charge is 0.256 e. The van der Waals surface area contributed by atoms with Crippen LogP contribution in [0.15, 0.2) is 22.6 Å². The molecule has 0 saturated heterocycles. The standard InChI is InChI=1S/C22H24FNO2/c1-2-3-4-8-15-14-9-5-6-12-19(14)26-20(15)13-17-16-10-7-11-18(23)21(16)24-22(17)25/h7,10-11,13H,2-6,8-9,12H2,1H3,(H,24,25). The van der Waals surface area contributed by atoms with Gasteiger partial charge >= 0.3 is 0 Å². The van der Waals surface area contributed by atoms with Crippen molar-refractivity contribution in [2.24, 2.45) is 0 Å². The molecule has 2 aliphatic rings. The first-order valence-electron chi connectivity index (χ1n) is 9.64. The zero-order valence-corrected chi connectivity index (χ0v) is 15.2. The highest BCUT2D eigenvalue weighted by Gasteiger charge is 2.28.